The summed E-state index contributed by atoms with van der Waals surface area (Å²) < 4.78 is 9.32. The van der Waals surface area contributed by atoms with Crippen LogP contribution in [-0.4, -0.2) is 12.6 Å². The Morgan fingerprint density at radius 1 is 1.90 bits per heavy atom. The maximum atomic E-state index is 10.7. The lowest BCUT2D eigenvalue weighted by Gasteiger charge is -1.97. The van der Waals surface area contributed by atoms with Gasteiger partial charge in [0.2, 0.25) is 0 Å². The summed E-state index contributed by atoms with van der Waals surface area (Å²) in [6.45, 7) is 5.25. The zero-order chi connectivity index (χ0) is 7.56. The highest BCUT2D eigenvalue weighted by atomic mass is 16.6. The Labute approximate surface area is 58.9 Å². The van der Waals surface area contributed by atoms with E-state index in [1.165, 1.54) is 6.26 Å². The molecule has 0 amide bonds. The number of rotatable bonds is 3. The lowest BCUT2D eigenvalue weighted by molar-refractivity contribution is -0.138. The highest BCUT2D eigenvalue weighted by Crippen LogP contribution is 2.12. The smallest absolute Gasteiger partial charge is 0.333 e. The van der Waals surface area contributed by atoms with Crippen molar-refractivity contribution in [3.05, 3.63) is 24.2 Å². The predicted octanol–water partition coefficient (Wildman–Crippen LogP) is 0.977. The molecule has 0 bridgehead atoms. The van der Waals surface area contributed by atoms with Crippen molar-refractivity contribution in [2.75, 3.05) is 6.61 Å². The second-order valence-electron chi connectivity index (χ2n) is 2.06. The molecule has 0 radical (unpaired) electrons. The summed E-state index contributed by atoms with van der Waals surface area (Å²) in [5, 5.41) is 0. The first-order valence-corrected chi connectivity index (χ1v) is 2.88. The van der Waals surface area contributed by atoms with Crippen molar-refractivity contribution in [1.29, 1.82) is 0 Å². The van der Waals surface area contributed by atoms with Gasteiger partial charge in [0.25, 0.3) is 0 Å². The van der Waals surface area contributed by atoms with E-state index >= 15 is 0 Å². The molecule has 0 aromatic rings. The first-order chi connectivity index (χ1) is 4.70. The number of hydrogen-bond acceptors (Lipinski definition) is 3. The number of ether oxygens (including phenoxy) is 2. The van der Waals surface area contributed by atoms with Gasteiger partial charge in [-0.1, -0.05) is 6.58 Å². The van der Waals surface area contributed by atoms with Crippen molar-refractivity contribution < 1.29 is 14.3 Å². The van der Waals surface area contributed by atoms with E-state index in [0.717, 1.165) is 0 Å². The van der Waals surface area contributed by atoms with Crippen LogP contribution in [0.15, 0.2) is 24.2 Å². The molecule has 0 aliphatic carbocycles. The van der Waals surface area contributed by atoms with Crippen molar-refractivity contribution >= 4 is 5.97 Å². The molecule has 0 unspecified atom stereocenters. The van der Waals surface area contributed by atoms with Gasteiger partial charge >= 0.3 is 5.97 Å². The summed E-state index contributed by atoms with van der Waals surface area (Å²) in [4.78, 5) is 10.7. The van der Waals surface area contributed by atoms with Crippen molar-refractivity contribution in [3.63, 3.8) is 0 Å². The number of esters is 1. The second kappa shape index (κ2) is 2.56. The number of hydrogen-bond donors (Lipinski definition) is 0. The van der Waals surface area contributed by atoms with Gasteiger partial charge in [-0.2, -0.15) is 0 Å². The van der Waals surface area contributed by atoms with Crippen molar-refractivity contribution in [2.45, 2.75) is 6.92 Å². The third-order valence-corrected chi connectivity index (χ3v) is 0.979. The van der Waals surface area contributed by atoms with Crippen molar-refractivity contribution in [2.24, 2.45) is 0 Å². The van der Waals surface area contributed by atoms with Crippen LogP contribution in [0.1, 0.15) is 6.92 Å². The van der Waals surface area contributed by atoms with E-state index in [9.17, 15) is 4.79 Å². The van der Waals surface area contributed by atoms with Gasteiger partial charge in [0, 0.05) is 5.57 Å². The molecule has 3 heteroatoms. The average Bonchev–Trinajstić information content (AvgIpc) is 2.64. The van der Waals surface area contributed by atoms with Gasteiger partial charge in [-0.15, -0.1) is 0 Å². The molecule has 0 N–H and O–H groups in total. The highest BCUT2D eigenvalue weighted by molar-refractivity contribution is 5.87. The first-order valence-electron chi connectivity index (χ1n) is 2.88. The Bertz CT molecular complexity index is 203. The summed E-state index contributed by atoms with van der Waals surface area (Å²) >= 11 is 0. The second-order valence-corrected chi connectivity index (χ2v) is 2.06. The largest absolute Gasteiger partial charge is 0.459 e. The van der Waals surface area contributed by atoms with Gasteiger partial charge in [0.1, 0.15) is 6.26 Å². The molecule has 0 spiro atoms. The standard InChI is InChI=1S/C7H8O3/c1-5(2)7(8)10-4-6-3-9-6/h3H,1,4H2,2H3. The van der Waals surface area contributed by atoms with Crippen LogP contribution in [0.4, 0.5) is 0 Å². The fourth-order valence-corrected chi connectivity index (χ4v) is 0.370. The monoisotopic (exact) mass is 140 g/mol. The molecule has 3 nitrogen and oxygen atoms in total. The molecule has 0 aromatic carbocycles. The van der Waals surface area contributed by atoms with Gasteiger partial charge in [0.05, 0.1) is 0 Å². The minimum Gasteiger partial charge on any atom is -0.459 e. The van der Waals surface area contributed by atoms with Crippen LogP contribution in [0.25, 0.3) is 0 Å². The van der Waals surface area contributed by atoms with E-state index in [4.69, 9.17) is 4.74 Å². The molecule has 0 atom stereocenters. The zero-order valence-corrected chi connectivity index (χ0v) is 5.72. The van der Waals surface area contributed by atoms with Crippen LogP contribution in [0.2, 0.25) is 0 Å². The van der Waals surface area contributed by atoms with Gasteiger partial charge in [0.15, 0.2) is 12.4 Å². The van der Waals surface area contributed by atoms with Gasteiger partial charge in [-0.05, 0) is 6.92 Å². The number of carbonyl (C=O) groups excluding carboxylic acids is 1. The first kappa shape index (κ1) is 6.86. The van der Waals surface area contributed by atoms with Crippen LogP contribution < -0.4 is 0 Å². The topological polar surface area (TPSA) is 38.8 Å². The minimum atomic E-state index is -0.378. The minimum absolute atomic E-state index is 0.228. The zero-order valence-electron chi connectivity index (χ0n) is 5.72. The Hall–Kier alpha value is -1.25. The lowest BCUT2D eigenvalue weighted by atomic mass is 10.4. The molecule has 0 saturated carbocycles. The molecule has 54 valence electrons. The Morgan fingerprint density at radius 3 is 2.90 bits per heavy atom. The molecule has 1 heterocycles. The molecule has 0 saturated heterocycles. The van der Waals surface area contributed by atoms with Gasteiger partial charge in [-0.25, -0.2) is 4.79 Å². The maximum Gasteiger partial charge on any atom is 0.333 e. The SMILES string of the molecule is C=C(C)C(=O)OCC1=CO1. The summed E-state index contributed by atoms with van der Waals surface area (Å²) in [7, 11) is 0. The van der Waals surface area contributed by atoms with E-state index in [-0.39, 0.29) is 12.6 Å². The molecule has 0 aromatic heterocycles. The fourth-order valence-electron chi connectivity index (χ4n) is 0.370. The maximum absolute atomic E-state index is 10.7. The van der Waals surface area contributed by atoms with E-state index in [1.807, 2.05) is 0 Å². The summed E-state index contributed by atoms with van der Waals surface area (Å²) in [5.41, 5.74) is 0.404. The molecule has 1 aliphatic rings. The molecule has 1 aliphatic heterocycles. The van der Waals surface area contributed by atoms with Gasteiger partial charge in [-0.3, -0.25) is 0 Å². The Morgan fingerprint density at radius 2 is 2.50 bits per heavy atom. The Kier molecular flexibility index (Phi) is 1.76. The van der Waals surface area contributed by atoms with E-state index in [0.29, 0.717) is 11.3 Å². The van der Waals surface area contributed by atoms with Crippen molar-refractivity contribution in [1.82, 2.24) is 0 Å². The highest BCUT2D eigenvalue weighted by Gasteiger charge is 2.12. The van der Waals surface area contributed by atoms with E-state index < -0.39 is 0 Å². The third kappa shape index (κ3) is 1.93. The van der Waals surface area contributed by atoms with Crippen LogP contribution in [0.5, 0.6) is 0 Å². The molecular formula is C7H8O3. The number of carbonyl (C=O) groups is 1. The normalized spacial score (nSPS) is 13.1. The quantitative estimate of drug-likeness (QED) is 0.433. The predicted molar refractivity (Wildman–Crippen MR) is 34.9 cm³/mol. The summed E-state index contributed by atoms with van der Waals surface area (Å²) in [6.07, 6.45) is 1.53. The van der Waals surface area contributed by atoms with Crippen LogP contribution in [-0.2, 0) is 14.3 Å². The van der Waals surface area contributed by atoms with E-state index in [2.05, 4.69) is 11.3 Å². The molecule has 10 heavy (non-hydrogen) atoms. The van der Waals surface area contributed by atoms with E-state index in [1.54, 1.807) is 6.92 Å². The molecule has 1 rings (SSSR count). The summed E-state index contributed by atoms with van der Waals surface area (Å²) in [6, 6.07) is 0. The van der Waals surface area contributed by atoms with Crippen LogP contribution in [0, 0.1) is 0 Å². The van der Waals surface area contributed by atoms with Crippen LogP contribution >= 0.6 is 0 Å². The van der Waals surface area contributed by atoms with Crippen molar-refractivity contribution in [3.8, 4) is 0 Å². The summed E-state index contributed by atoms with van der Waals surface area (Å²) in [5.74, 6) is 0.325. The molecule has 0 fully saturated rings. The Balaban J connectivity index is 2.17. The fraction of sp³-hybridized carbons (Fsp3) is 0.286. The average molecular weight is 140 g/mol. The third-order valence-electron chi connectivity index (χ3n) is 0.979. The lowest BCUT2D eigenvalue weighted by Crippen LogP contribution is -2.05. The van der Waals surface area contributed by atoms with Gasteiger partial charge < -0.3 is 9.47 Å². The van der Waals surface area contributed by atoms with Crippen LogP contribution in [0.3, 0.4) is 0 Å². The molecular weight excluding hydrogens is 132 g/mol.